The molecule has 1 fully saturated rings. The molecule has 0 bridgehead atoms. The van der Waals surface area contributed by atoms with E-state index in [9.17, 15) is 19.2 Å². The number of allylic oxidation sites excluding steroid dienone is 2. The number of likely N-dealkylation sites (tertiary alicyclic amines) is 1. The van der Waals surface area contributed by atoms with Gasteiger partial charge in [-0.05, 0) is 43.9 Å². The van der Waals surface area contributed by atoms with Crippen molar-refractivity contribution in [2.75, 3.05) is 13.1 Å². The van der Waals surface area contributed by atoms with Crippen LogP contribution in [0.1, 0.15) is 45.1 Å². The number of hydrogen-bond donors (Lipinski definition) is 1. The molecule has 7 nitrogen and oxygen atoms in total. The van der Waals surface area contributed by atoms with Crippen LogP contribution in [0.4, 0.5) is 0 Å². The molecule has 1 aromatic carbocycles. The normalized spacial score (nSPS) is 20.8. The fraction of sp³-hybridized carbons (Fsp3) is 0.500. The largest absolute Gasteiger partial charge is 0.355 e. The molecule has 3 rings (SSSR count). The molecule has 1 saturated heterocycles. The van der Waals surface area contributed by atoms with Crippen LogP contribution in [-0.4, -0.2) is 52.6 Å². The third-order valence-electron chi connectivity index (χ3n) is 6.15. The summed E-state index contributed by atoms with van der Waals surface area (Å²) in [6.07, 6.45) is 5.44. The highest BCUT2D eigenvalue weighted by molar-refractivity contribution is 6.30. The van der Waals surface area contributed by atoms with Crippen molar-refractivity contribution in [1.82, 2.24) is 15.1 Å². The second-order valence-electron chi connectivity index (χ2n) is 8.20. The minimum Gasteiger partial charge on any atom is -0.355 e. The lowest BCUT2D eigenvalue weighted by Gasteiger charge is -2.31. The number of carbonyl (C=O) groups excluding carboxylic acids is 4. The molecule has 0 spiro atoms. The number of amides is 4. The van der Waals surface area contributed by atoms with E-state index in [0.717, 1.165) is 5.56 Å². The number of nitrogens with one attached hydrogen (secondary N) is 1. The van der Waals surface area contributed by atoms with Crippen LogP contribution >= 0.6 is 11.6 Å². The third kappa shape index (κ3) is 5.21. The molecule has 3 atom stereocenters. The minimum absolute atomic E-state index is 0.0200. The highest BCUT2D eigenvalue weighted by Gasteiger charge is 2.47. The number of rotatable bonds is 9. The number of benzene rings is 1. The molecule has 1 heterocycles. The van der Waals surface area contributed by atoms with Crippen molar-refractivity contribution in [2.45, 2.75) is 52.1 Å². The molecular formula is C24H30ClN3O4. The van der Waals surface area contributed by atoms with E-state index in [-0.39, 0.29) is 55.0 Å². The Balaban J connectivity index is 1.74. The molecule has 8 heteroatoms. The lowest BCUT2D eigenvalue weighted by atomic mass is 9.85. The maximum absolute atomic E-state index is 13.3. The summed E-state index contributed by atoms with van der Waals surface area (Å²) < 4.78 is 0. The summed E-state index contributed by atoms with van der Waals surface area (Å²) in [5, 5.41) is 3.38. The van der Waals surface area contributed by atoms with Crippen LogP contribution in [0.15, 0.2) is 36.4 Å². The predicted molar refractivity (Wildman–Crippen MR) is 121 cm³/mol. The second kappa shape index (κ2) is 10.8. The molecule has 4 amide bonds. The zero-order valence-electron chi connectivity index (χ0n) is 18.6. The Labute approximate surface area is 193 Å². The smallest absolute Gasteiger partial charge is 0.242 e. The van der Waals surface area contributed by atoms with Crippen LogP contribution in [0, 0.1) is 11.8 Å². The zero-order chi connectivity index (χ0) is 23.3. The molecular weight excluding hydrogens is 430 g/mol. The van der Waals surface area contributed by atoms with Gasteiger partial charge in [-0.15, -0.1) is 0 Å². The van der Waals surface area contributed by atoms with Crippen molar-refractivity contribution in [3.63, 3.8) is 0 Å². The molecule has 32 heavy (non-hydrogen) atoms. The van der Waals surface area contributed by atoms with Crippen LogP contribution in [0.5, 0.6) is 0 Å². The molecule has 0 radical (unpaired) electrons. The van der Waals surface area contributed by atoms with Gasteiger partial charge in [0.25, 0.3) is 0 Å². The van der Waals surface area contributed by atoms with E-state index in [1.54, 1.807) is 12.1 Å². The summed E-state index contributed by atoms with van der Waals surface area (Å²) in [6.45, 7) is 4.42. The van der Waals surface area contributed by atoms with Crippen LogP contribution < -0.4 is 5.32 Å². The van der Waals surface area contributed by atoms with E-state index in [4.69, 9.17) is 11.6 Å². The van der Waals surface area contributed by atoms with Crippen molar-refractivity contribution in [3.8, 4) is 0 Å². The standard InChI is InChI=1S/C24H30ClN3O4/c1-3-20(22(30)26-4-2)28(15-16-9-11-17(25)12-10-16)21(29)13-14-27-23(31)18-7-5-6-8-19(18)24(27)32/h5-6,9-12,18-20H,3-4,7-8,13-15H2,1-2H3,(H,26,30)/t18-,19+,20?. The molecule has 0 saturated carbocycles. The van der Waals surface area contributed by atoms with Gasteiger partial charge in [0.2, 0.25) is 23.6 Å². The van der Waals surface area contributed by atoms with Crippen molar-refractivity contribution >= 4 is 35.2 Å². The van der Waals surface area contributed by atoms with Gasteiger partial charge in [0.1, 0.15) is 6.04 Å². The molecule has 172 valence electrons. The topological polar surface area (TPSA) is 86.8 Å². The number of halogens is 1. The van der Waals surface area contributed by atoms with E-state index in [1.165, 1.54) is 9.80 Å². The molecule has 2 aliphatic rings. The lowest BCUT2D eigenvalue weighted by Crippen LogP contribution is -2.49. The van der Waals surface area contributed by atoms with E-state index in [1.807, 2.05) is 38.1 Å². The van der Waals surface area contributed by atoms with Crippen molar-refractivity contribution < 1.29 is 19.2 Å². The Kier molecular flexibility index (Phi) is 8.07. The first kappa shape index (κ1) is 24.0. The summed E-state index contributed by atoms with van der Waals surface area (Å²) in [5.41, 5.74) is 0.843. The maximum Gasteiger partial charge on any atom is 0.242 e. The summed E-state index contributed by atoms with van der Waals surface area (Å²) in [6, 6.07) is 6.47. The summed E-state index contributed by atoms with van der Waals surface area (Å²) in [7, 11) is 0. The first-order chi connectivity index (χ1) is 15.4. The first-order valence-electron chi connectivity index (χ1n) is 11.2. The Morgan fingerprint density at radius 2 is 1.69 bits per heavy atom. The Morgan fingerprint density at radius 3 is 2.22 bits per heavy atom. The van der Waals surface area contributed by atoms with E-state index in [0.29, 0.717) is 30.8 Å². The predicted octanol–water partition coefficient (Wildman–Crippen LogP) is 2.92. The van der Waals surface area contributed by atoms with Crippen molar-refractivity contribution in [3.05, 3.63) is 47.0 Å². The number of nitrogens with zero attached hydrogens (tertiary/aromatic N) is 2. The summed E-state index contributed by atoms with van der Waals surface area (Å²) >= 11 is 5.98. The highest BCUT2D eigenvalue weighted by atomic mass is 35.5. The van der Waals surface area contributed by atoms with Crippen molar-refractivity contribution in [2.24, 2.45) is 11.8 Å². The number of imide groups is 1. The van der Waals surface area contributed by atoms with Gasteiger partial charge >= 0.3 is 0 Å². The fourth-order valence-corrected chi connectivity index (χ4v) is 4.56. The number of fused-ring (bicyclic) bond motifs is 1. The summed E-state index contributed by atoms with van der Waals surface area (Å²) in [4.78, 5) is 54.1. The number of carbonyl (C=O) groups is 4. The van der Waals surface area contributed by atoms with E-state index < -0.39 is 6.04 Å². The molecule has 1 aromatic rings. The van der Waals surface area contributed by atoms with Crippen LogP contribution in [-0.2, 0) is 25.7 Å². The fourth-order valence-electron chi connectivity index (χ4n) is 4.44. The minimum atomic E-state index is -0.644. The van der Waals surface area contributed by atoms with Gasteiger partial charge in [0, 0.05) is 31.1 Å². The lowest BCUT2D eigenvalue weighted by molar-refractivity contribution is -0.144. The van der Waals surface area contributed by atoms with Gasteiger partial charge in [-0.2, -0.15) is 0 Å². The highest BCUT2D eigenvalue weighted by Crippen LogP contribution is 2.35. The van der Waals surface area contributed by atoms with Crippen LogP contribution in [0.3, 0.4) is 0 Å². The third-order valence-corrected chi connectivity index (χ3v) is 6.40. The second-order valence-corrected chi connectivity index (χ2v) is 8.64. The quantitative estimate of drug-likeness (QED) is 0.454. The monoisotopic (exact) mass is 459 g/mol. The van der Waals surface area contributed by atoms with Gasteiger partial charge in [0.15, 0.2) is 0 Å². The van der Waals surface area contributed by atoms with E-state index >= 15 is 0 Å². The zero-order valence-corrected chi connectivity index (χ0v) is 19.3. The van der Waals surface area contributed by atoms with Crippen LogP contribution in [0.2, 0.25) is 5.02 Å². The van der Waals surface area contributed by atoms with Gasteiger partial charge in [-0.1, -0.05) is 42.8 Å². The molecule has 1 unspecified atom stereocenters. The SMILES string of the molecule is CCNC(=O)C(CC)N(Cc1ccc(Cl)cc1)C(=O)CCN1C(=O)[C@H]2CC=CC[C@H]2C1=O. The number of likely N-dealkylation sites (N-methyl/N-ethyl adjacent to an activating group) is 1. The Morgan fingerprint density at radius 1 is 1.09 bits per heavy atom. The first-order valence-corrected chi connectivity index (χ1v) is 11.6. The maximum atomic E-state index is 13.3. The Bertz CT molecular complexity index is 873. The average molecular weight is 460 g/mol. The van der Waals surface area contributed by atoms with Crippen molar-refractivity contribution in [1.29, 1.82) is 0 Å². The van der Waals surface area contributed by atoms with Gasteiger partial charge in [-0.25, -0.2) is 0 Å². The molecule has 1 aliphatic carbocycles. The van der Waals surface area contributed by atoms with E-state index in [2.05, 4.69) is 5.32 Å². The average Bonchev–Trinajstić information content (AvgIpc) is 3.03. The molecule has 0 aromatic heterocycles. The van der Waals surface area contributed by atoms with Gasteiger partial charge in [-0.3, -0.25) is 24.1 Å². The number of hydrogen-bond acceptors (Lipinski definition) is 4. The Hall–Kier alpha value is -2.67. The summed E-state index contributed by atoms with van der Waals surface area (Å²) in [5.74, 6) is -1.51. The van der Waals surface area contributed by atoms with Gasteiger partial charge < -0.3 is 10.2 Å². The van der Waals surface area contributed by atoms with Gasteiger partial charge in [0.05, 0.1) is 11.8 Å². The molecule has 1 N–H and O–H groups in total. The molecule has 1 aliphatic heterocycles. The van der Waals surface area contributed by atoms with Crippen LogP contribution in [0.25, 0.3) is 0 Å².